The predicted molar refractivity (Wildman–Crippen MR) is 147 cm³/mol. The highest BCUT2D eigenvalue weighted by atomic mass is 19.4. The van der Waals surface area contributed by atoms with Gasteiger partial charge in [-0.1, -0.05) is 36.8 Å². The van der Waals surface area contributed by atoms with Gasteiger partial charge < -0.3 is 20.1 Å². The molecular formula is C31H34F3NO4. The van der Waals surface area contributed by atoms with Gasteiger partial charge in [-0.05, 0) is 86.7 Å². The van der Waals surface area contributed by atoms with Crippen molar-refractivity contribution in [3.63, 3.8) is 0 Å². The summed E-state index contributed by atoms with van der Waals surface area (Å²) in [4.78, 5) is 2.15. The maximum atomic E-state index is 14.2. The van der Waals surface area contributed by atoms with Crippen molar-refractivity contribution in [1.82, 2.24) is 4.90 Å². The molecule has 0 amide bonds. The molecule has 0 bridgehead atoms. The van der Waals surface area contributed by atoms with E-state index in [-0.39, 0.29) is 22.6 Å². The van der Waals surface area contributed by atoms with E-state index in [0.29, 0.717) is 45.7 Å². The van der Waals surface area contributed by atoms with Gasteiger partial charge >= 0.3 is 6.18 Å². The third kappa shape index (κ3) is 5.71. The van der Waals surface area contributed by atoms with Crippen LogP contribution in [0.15, 0.2) is 30.3 Å². The van der Waals surface area contributed by atoms with Gasteiger partial charge in [0, 0.05) is 17.7 Å². The van der Waals surface area contributed by atoms with Crippen molar-refractivity contribution >= 4 is 12.2 Å². The van der Waals surface area contributed by atoms with E-state index in [2.05, 4.69) is 4.90 Å². The van der Waals surface area contributed by atoms with E-state index in [1.165, 1.54) is 25.3 Å². The van der Waals surface area contributed by atoms with Gasteiger partial charge in [0.25, 0.3) is 0 Å². The number of phenolic OH excluding ortho intramolecular Hbond substituents is 3. The van der Waals surface area contributed by atoms with Crippen LogP contribution < -0.4 is 4.74 Å². The highest BCUT2D eigenvalue weighted by Crippen LogP contribution is 2.48. The summed E-state index contributed by atoms with van der Waals surface area (Å²) in [6.45, 7) is 7.06. The minimum absolute atomic E-state index is 0.0268. The number of hydrogen-bond acceptors (Lipinski definition) is 5. The molecule has 0 radical (unpaired) electrons. The second-order valence-corrected chi connectivity index (χ2v) is 10.1. The van der Waals surface area contributed by atoms with E-state index in [0.717, 1.165) is 32.4 Å². The monoisotopic (exact) mass is 541 g/mol. The van der Waals surface area contributed by atoms with Gasteiger partial charge in [0.1, 0.15) is 11.5 Å². The number of phenols is 3. The Morgan fingerprint density at radius 3 is 2.13 bits per heavy atom. The zero-order chi connectivity index (χ0) is 28.5. The van der Waals surface area contributed by atoms with E-state index in [1.807, 2.05) is 0 Å². The Morgan fingerprint density at radius 2 is 1.49 bits per heavy atom. The lowest BCUT2D eigenvalue weighted by Crippen LogP contribution is -2.29. The average Bonchev–Trinajstić information content (AvgIpc) is 2.91. The van der Waals surface area contributed by atoms with Crippen LogP contribution >= 0.6 is 0 Å². The summed E-state index contributed by atoms with van der Waals surface area (Å²) in [5.41, 5.74) is 2.25. The lowest BCUT2D eigenvalue weighted by atomic mass is 9.91. The quantitative estimate of drug-likeness (QED) is 0.170. The fourth-order valence-corrected chi connectivity index (χ4v) is 5.19. The molecule has 1 fully saturated rings. The lowest BCUT2D eigenvalue weighted by Gasteiger charge is -2.27. The SMILES string of the molecule is COc1cc(/C=C/c2cccc(-c3c(O)c(C)c(C)c(O)c3O)c2C)c(C(F)(F)F)cc1CN1CCCCC1. The first-order chi connectivity index (χ1) is 18.4. The number of halogens is 3. The molecule has 0 saturated carbocycles. The minimum atomic E-state index is -4.56. The van der Waals surface area contributed by atoms with Gasteiger partial charge in [0.15, 0.2) is 11.5 Å². The predicted octanol–water partition coefficient (Wildman–Crippen LogP) is 7.58. The van der Waals surface area contributed by atoms with Crippen molar-refractivity contribution in [1.29, 1.82) is 0 Å². The molecule has 3 aromatic rings. The molecule has 1 saturated heterocycles. The van der Waals surface area contributed by atoms with E-state index >= 15 is 0 Å². The topological polar surface area (TPSA) is 73.2 Å². The van der Waals surface area contributed by atoms with Gasteiger partial charge in [0.05, 0.1) is 18.2 Å². The zero-order valence-corrected chi connectivity index (χ0v) is 22.6. The van der Waals surface area contributed by atoms with Crippen LogP contribution in [0.3, 0.4) is 0 Å². The van der Waals surface area contributed by atoms with Crippen LogP contribution in [0.1, 0.15) is 58.2 Å². The summed E-state index contributed by atoms with van der Waals surface area (Å²) in [6.07, 6.45) is 1.61. The molecule has 0 spiro atoms. The van der Waals surface area contributed by atoms with Crippen LogP contribution in [0.25, 0.3) is 23.3 Å². The van der Waals surface area contributed by atoms with Crippen LogP contribution in [-0.4, -0.2) is 40.4 Å². The van der Waals surface area contributed by atoms with Crippen molar-refractivity contribution in [2.75, 3.05) is 20.2 Å². The Balaban J connectivity index is 1.76. The summed E-state index contributed by atoms with van der Waals surface area (Å²) in [5, 5.41) is 31.7. The molecule has 208 valence electrons. The Morgan fingerprint density at radius 1 is 0.846 bits per heavy atom. The van der Waals surface area contributed by atoms with E-state index < -0.39 is 17.5 Å². The summed E-state index contributed by atoms with van der Waals surface area (Å²) >= 11 is 0. The maximum absolute atomic E-state index is 14.2. The number of rotatable bonds is 6. The molecule has 1 heterocycles. The van der Waals surface area contributed by atoms with Crippen molar-refractivity contribution < 1.29 is 33.2 Å². The van der Waals surface area contributed by atoms with Crippen LogP contribution in [0, 0.1) is 20.8 Å². The van der Waals surface area contributed by atoms with Crippen molar-refractivity contribution in [3.8, 4) is 34.1 Å². The van der Waals surface area contributed by atoms with Crippen LogP contribution in [0.5, 0.6) is 23.0 Å². The maximum Gasteiger partial charge on any atom is 0.417 e. The fourth-order valence-electron chi connectivity index (χ4n) is 5.19. The molecule has 0 atom stereocenters. The highest BCUT2D eigenvalue weighted by Gasteiger charge is 2.34. The number of piperidine rings is 1. The number of aromatic hydroxyl groups is 3. The molecule has 5 nitrogen and oxygen atoms in total. The summed E-state index contributed by atoms with van der Waals surface area (Å²) in [7, 11) is 1.46. The second kappa shape index (κ2) is 11.2. The van der Waals surface area contributed by atoms with Gasteiger partial charge in [-0.25, -0.2) is 0 Å². The molecule has 0 aliphatic carbocycles. The van der Waals surface area contributed by atoms with Crippen molar-refractivity contribution in [3.05, 3.63) is 69.3 Å². The second-order valence-electron chi connectivity index (χ2n) is 10.1. The Labute approximate surface area is 226 Å². The van der Waals surface area contributed by atoms with Crippen LogP contribution in [-0.2, 0) is 12.7 Å². The van der Waals surface area contributed by atoms with Gasteiger partial charge in [0.2, 0.25) is 0 Å². The standard InChI is InChI=1S/C31H34F3NO4/c1-18-19(2)29(37)30(38)27(28(18)36)24-10-8-9-21(20(24)3)11-12-22-16-26(39-4)23(15-25(22)31(32,33)34)17-35-13-6-5-7-14-35/h8-12,15-16,36-38H,5-7,13-14,17H2,1-4H3/b12-11+. The molecule has 0 unspecified atom stereocenters. The number of benzene rings is 3. The first-order valence-electron chi connectivity index (χ1n) is 13.0. The zero-order valence-electron chi connectivity index (χ0n) is 22.6. The molecular weight excluding hydrogens is 507 g/mol. The number of ether oxygens (including phenoxy) is 1. The molecule has 3 aromatic carbocycles. The van der Waals surface area contributed by atoms with Crippen LogP contribution in [0.2, 0.25) is 0 Å². The number of likely N-dealkylation sites (tertiary alicyclic amines) is 1. The molecule has 4 rings (SSSR count). The van der Waals surface area contributed by atoms with Crippen molar-refractivity contribution in [2.24, 2.45) is 0 Å². The summed E-state index contributed by atoms with van der Waals surface area (Å²) < 4.78 is 48.0. The molecule has 3 N–H and O–H groups in total. The summed E-state index contributed by atoms with van der Waals surface area (Å²) in [6, 6.07) is 7.70. The van der Waals surface area contributed by atoms with E-state index in [1.54, 1.807) is 45.0 Å². The van der Waals surface area contributed by atoms with Crippen LogP contribution in [0.4, 0.5) is 13.2 Å². The molecule has 1 aliphatic heterocycles. The number of nitrogens with zero attached hydrogens (tertiary/aromatic N) is 1. The van der Waals surface area contributed by atoms with Crippen molar-refractivity contribution in [2.45, 2.75) is 52.8 Å². The molecule has 0 aromatic heterocycles. The molecule has 8 heteroatoms. The van der Waals surface area contributed by atoms with Gasteiger partial charge in [-0.15, -0.1) is 0 Å². The first-order valence-corrected chi connectivity index (χ1v) is 13.0. The third-order valence-corrected chi connectivity index (χ3v) is 7.66. The van der Waals surface area contributed by atoms with Gasteiger partial charge in [-0.3, -0.25) is 4.90 Å². The molecule has 39 heavy (non-hydrogen) atoms. The fraction of sp³-hybridized carbons (Fsp3) is 0.355. The number of alkyl halides is 3. The Hall–Kier alpha value is -3.65. The highest BCUT2D eigenvalue weighted by molar-refractivity contribution is 5.86. The van der Waals surface area contributed by atoms with E-state index in [9.17, 15) is 28.5 Å². The number of hydrogen-bond donors (Lipinski definition) is 3. The Bertz CT molecular complexity index is 1380. The average molecular weight is 542 g/mol. The van der Waals surface area contributed by atoms with Gasteiger partial charge in [-0.2, -0.15) is 13.2 Å². The number of methoxy groups -OCH3 is 1. The Kier molecular flexibility index (Phi) is 8.16. The lowest BCUT2D eigenvalue weighted by molar-refractivity contribution is -0.137. The third-order valence-electron chi connectivity index (χ3n) is 7.66. The van der Waals surface area contributed by atoms with E-state index in [4.69, 9.17) is 4.74 Å². The normalized spacial score (nSPS) is 14.7. The largest absolute Gasteiger partial charge is 0.507 e. The molecule has 1 aliphatic rings. The smallest absolute Gasteiger partial charge is 0.417 e. The first kappa shape index (κ1) is 28.4. The summed E-state index contributed by atoms with van der Waals surface area (Å²) in [5.74, 6) is -0.542. The minimum Gasteiger partial charge on any atom is -0.507 e.